The van der Waals surface area contributed by atoms with Crippen molar-refractivity contribution in [3.05, 3.63) is 47.8 Å². The first-order valence-electron chi connectivity index (χ1n) is 7.70. The lowest BCUT2D eigenvalue weighted by Crippen LogP contribution is -2.28. The summed E-state index contributed by atoms with van der Waals surface area (Å²) in [6, 6.07) is 7.82. The summed E-state index contributed by atoms with van der Waals surface area (Å²) in [5, 5.41) is 7.84. The summed E-state index contributed by atoms with van der Waals surface area (Å²) in [6.45, 7) is 6.18. The average molecular weight is 312 g/mol. The van der Waals surface area contributed by atoms with Gasteiger partial charge in [-0.25, -0.2) is 9.37 Å². The van der Waals surface area contributed by atoms with Gasteiger partial charge in [0, 0.05) is 23.5 Å². The van der Waals surface area contributed by atoms with Crippen molar-refractivity contribution >= 4 is 11.0 Å². The van der Waals surface area contributed by atoms with Crippen molar-refractivity contribution in [1.82, 2.24) is 15.2 Å². The number of nitrogens with one attached hydrogen (secondary N) is 1. The predicted octanol–water partition coefficient (Wildman–Crippen LogP) is 3.89. The van der Waals surface area contributed by atoms with Crippen molar-refractivity contribution in [3.8, 4) is 11.1 Å². The summed E-state index contributed by atoms with van der Waals surface area (Å²) in [5.41, 5.74) is 10.0. The molecule has 1 atom stereocenters. The molecule has 1 unspecified atom stereocenters. The molecule has 0 aliphatic rings. The van der Waals surface area contributed by atoms with Crippen molar-refractivity contribution < 1.29 is 4.39 Å². The third kappa shape index (κ3) is 2.84. The molecule has 2 heterocycles. The number of pyridine rings is 1. The Balaban J connectivity index is 2.24. The van der Waals surface area contributed by atoms with Crippen LogP contribution in [0, 0.1) is 0 Å². The lowest BCUT2D eigenvalue weighted by molar-refractivity contribution is 0.373. The molecule has 1 aromatic carbocycles. The van der Waals surface area contributed by atoms with Crippen LogP contribution < -0.4 is 5.73 Å². The number of halogens is 1. The first-order valence-corrected chi connectivity index (χ1v) is 7.70. The highest BCUT2D eigenvalue weighted by atomic mass is 19.1. The van der Waals surface area contributed by atoms with Gasteiger partial charge >= 0.3 is 0 Å². The Morgan fingerprint density at radius 2 is 2.09 bits per heavy atom. The van der Waals surface area contributed by atoms with Gasteiger partial charge in [-0.05, 0) is 41.3 Å². The van der Waals surface area contributed by atoms with Crippen molar-refractivity contribution in [2.45, 2.75) is 32.4 Å². The molecule has 4 nitrogen and oxygen atoms in total. The Bertz CT molecular complexity index is 836. The topological polar surface area (TPSA) is 67.6 Å². The summed E-state index contributed by atoms with van der Waals surface area (Å²) in [6.07, 6.45) is 2.44. The molecule has 0 aliphatic carbocycles. The minimum absolute atomic E-state index is 0.220. The smallest absolute Gasteiger partial charge is 0.155 e. The molecule has 0 spiro atoms. The standard InChI is InChI=1S/C18H21FN4/c1-11(19)12-6-13(8-14(7-12)18(2,3)10-20)15-4-5-21-17-16(15)9-22-23-17/h4-9,11H,10,20H2,1-3H3,(H,21,22,23). The van der Waals surface area contributed by atoms with Crippen LogP contribution >= 0.6 is 0 Å². The molecule has 0 fully saturated rings. The Kier molecular flexibility index (Phi) is 3.90. The second-order valence-corrected chi connectivity index (χ2v) is 6.54. The molecule has 0 amide bonds. The van der Waals surface area contributed by atoms with Gasteiger partial charge in [0.2, 0.25) is 0 Å². The zero-order valence-corrected chi connectivity index (χ0v) is 13.6. The molecule has 23 heavy (non-hydrogen) atoms. The van der Waals surface area contributed by atoms with E-state index in [-0.39, 0.29) is 5.41 Å². The van der Waals surface area contributed by atoms with Crippen LogP contribution in [0.2, 0.25) is 0 Å². The van der Waals surface area contributed by atoms with Gasteiger partial charge in [0.05, 0.1) is 6.20 Å². The molecule has 0 saturated heterocycles. The maximum absolute atomic E-state index is 14.0. The lowest BCUT2D eigenvalue weighted by Gasteiger charge is -2.25. The molecule has 0 aliphatic heterocycles. The second kappa shape index (κ2) is 5.74. The summed E-state index contributed by atoms with van der Waals surface area (Å²) in [4.78, 5) is 4.26. The van der Waals surface area contributed by atoms with Gasteiger partial charge in [-0.1, -0.05) is 26.0 Å². The molecule has 0 bridgehead atoms. The van der Waals surface area contributed by atoms with E-state index in [1.165, 1.54) is 0 Å². The zero-order valence-electron chi connectivity index (χ0n) is 13.6. The van der Waals surface area contributed by atoms with E-state index in [1.54, 1.807) is 19.3 Å². The van der Waals surface area contributed by atoms with E-state index in [2.05, 4.69) is 35.1 Å². The van der Waals surface area contributed by atoms with Crippen LogP contribution in [0.3, 0.4) is 0 Å². The molecule has 3 aromatic rings. The fourth-order valence-electron chi connectivity index (χ4n) is 2.65. The first-order chi connectivity index (χ1) is 10.9. The maximum Gasteiger partial charge on any atom is 0.155 e. The average Bonchev–Trinajstić information content (AvgIpc) is 3.02. The van der Waals surface area contributed by atoms with Crippen molar-refractivity contribution in [2.75, 3.05) is 6.54 Å². The lowest BCUT2D eigenvalue weighted by atomic mass is 9.82. The number of hydrogen-bond donors (Lipinski definition) is 2. The Morgan fingerprint density at radius 3 is 2.78 bits per heavy atom. The van der Waals surface area contributed by atoms with Crippen LogP contribution in [0.15, 0.2) is 36.7 Å². The number of fused-ring (bicyclic) bond motifs is 1. The Hall–Kier alpha value is -2.27. The van der Waals surface area contributed by atoms with Crippen LogP contribution in [0.4, 0.5) is 4.39 Å². The van der Waals surface area contributed by atoms with E-state index in [1.807, 2.05) is 18.2 Å². The van der Waals surface area contributed by atoms with Crippen molar-refractivity contribution in [1.29, 1.82) is 0 Å². The molecule has 0 saturated carbocycles. The highest BCUT2D eigenvalue weighted by Gasteiger charge is 2.21. The SMILES string of the molecule is CC(F)c1cc(-c2ccnc3[nH]ncc23)cc(C(C)(C)CN)c1. The Morgan fingerprint density at radius 1 is 1.30 bits per heavy atom. The molecule has 3 N–H and O–H groups in total. The number of aromatic nitrogens is 3. The number of nitrogens with two attached hydrogens (primary N) is 1. The van der Waals surface area contributed by atoms with E-state index >= 15 is 0 Å². The number of benzene rings is 1. The highest BCUT2D eigenvalue weighted by Crippen LogP contribution is 2.34. The largest absolute Gasteiger partial charge is 0.330 e. The number of hydrogen-bond acceptors (Lipinski definition) is 3. The van der Waals surface area contributed by atoms with Gasteiger partial charge < -0.3 is 5.73 Å². The molecule has 0 radical (unpaired) electrons. The van der Waals surface area contributed by atoms with E-state index in [4.69, 9.17) is 5.73 Å². The molecule has 2 aromatic heterocycles. The number of nitrogens with zero attached hydrogens (tertiary/aromatic N) is 2. The number of rotatable bonds is 4. The van der Waals surface area contributed by atoms with Gasteiger partial charge in [-0.2, -0.15) is 5.10 Å². The van der Waals surface area contributed by atoms with Crippen LogP contribution in [-0.2, 0) is 5.41 Å². The molecular weight excluding hydrogens is 291 g/mol. The zero-order chi connectivity index (χ0) is 16.6. The van der Waals surface area contributed by atoms with Crippen molar-refractivity contribution in [3.63, 3.8) is 0 Å². The van der Waals surface area contributed by atoms with Gasteiger partial charge in [0.15, 0.2) is 5.65 Å². The van der Waals surface area contributed by atoms with Gasteiger partial charge in [-0.15, -0.1) is 0 Å². The number of aromatic amines is 1. The second-order valence-electron chi connectivity index (χ2n) is 6.54. The Labute approximate surface area is 134 Å². The molecule has 5 heteroatoms. The van der Waals surface area contributed by atoms with E-state index in [9.17, 15) is 4.39 Å². The summed E-state index contributed by atoms with van der Waals surface area (Å²) < 4.78 is 14.0. The normalized spacial score (nSPS) is 13.4. The van der Waals surface area contributed by atoms with E-state index in [0.29, 0.717) is 12.1 Å². The number of H-pyrrole nitrogens is 1. The summed E-state index contributed by atoms with van der Waals surface area (Å²) in [5.74, 6) is 0. The third-order valence-electron chi connectivity index (χ3n) is 4.37. The van der Waals surface area contributed by atoms with Gasteiger partial charge in [0.1, 0.15) is 6.17 Å². The first kappa shape index (κ1) is 15.6. The number of alkyl halides is 1. The summed E-state index contributed by atoms with van der Waals surface area (Å²) >= 11 is 0. The van der Waals surface area contributed by atoms with Gasteiger partial charge in [0.25, 0.3) is 0 Å². The fourth-order valence-corrected chi connectivity index (χ4v) is 2.65. The van der Waals surface area contributed by atoms with E-state index in [0.717, 1.165) is 27.7 Å². The predicted molar refractivity (Wildman–Crippen MR) is 90.9 cm³/mol. The van der Waals surface area contributed by atoms with Gasteiger partial charge in [-0.3, -0.25) is 5.10 Å². The van der Waals surface area contributed by atoms with Crippen LogP contribution in [0.25, 0.3) is 22.2 Å². The van der Waals surface area contributed by atoms with E-state index < -0.39 is 6.17 Å². The highest BCUT2D eigenvalue weighted by molar-refractivity contribution is 5.92. The van der Waals surface area contributed by atoms with Crippen LogP contribution in [-0.4, -0.2) is 21.7 Å². The monoisotopic (exact) mass is 312 g/mol. The molecule has 120 valence electrons. The third-order valence-corrected chi connectivity index (χ3v) is 4.37. The fraction of sp³-hybridized carbons (Fsp3) is 0.333. The minimum Gasteiger partial charge on any atom is -0.330 e. The quantitative estimate of drug-likeness (QED) is 0.768. The molecular formula is C18H21FN4. The molecule has 3 rings (SSSR count). The van der Waals surface area contributed by atoms with Crippen LogP contribution in [0.5, 0.6) is 0 Å². The van der Waals surface area contributed by atoms with Crippen molar-refractivity contribution in [2.24, 2.45) is 5.73 Å². The maximum atomic E-state index is 14.0. The minimum atomic E-state index is -1.04. The van der Waals surface area contributed by atoms with Crippen LogP contribution in [0.1, 0.15) is 38.1 Å². The summed E-state index contributed by atoms with van der Waals surface area (Å²) in [7, 11) is 0.